The summed E-state index contributed by atoms with van der Waals surface area (Å²) < 4.78 is 0. The summed E-state index contributed by atoms with van der Waals surface area (Å²) in [5, 5.41) is 25.1. The number of pyridine rings is 2. The van der Waals surface area contributed by atoms with Crippen molar-refractivity contribution in [2.45, 2.75) is 38.9 Å². The minimum Gasteiger partial charge on any atom is -0.477 e. The topological polar surface area (TPSA) is 124 Å². The maximum atomic E-state index is 11.2. The molecule has 0 aliphatic heterocycles. The predicted molar refractivity (Wildman–Crippen MR) is 124 cm³/mol. The van der Waals surface area contributed by atoms with Crippen molar-refractivity contribution < 1.29 is 19.8 Å². The highest BCUT2D eigenvalue weighted by molar-refractivity contribution is 5.85. The average molecular weight is 449 g/mol. The third-order valence-electron chi connectivity index (χ3n) is 5.23. The van der Waals surface area contributed by atoms with E-state index in [4.69, 9.17) is 10.2 Å². The van der Waals surface area contributed by atoms with E-state index in [1.165, 1.54) is 23.3 Å². The lowest BCUT2D eigenvalue weighted by molar-refractivity contribution is 0.0679. The van der Waals surface area contributed by atoms with Crippen molar-refractivity contribution in [3.63, 3.8) is 0 Å². The van der Waals surface area contributed by atoms with Crippen LogP contribution in [0.1, 0.15) is 50.4 Å². The monoisotopic (exact) mass is 448 g/mol. The zero-order valence-corrected chi connectivity index (χ0v) is 18.5. The van der Waals surface area contributed by atoms with Gasteiger partial charge in [0.25, 0.3) is 0 Å². The minimum absolute atomic E-state index is 0.0171. The summed E-state index contributed by atoms with van der Waals surface area (Å²) in [5.74, 6) is -2.11. The zero-order chi connectivity index (χ0) is 23.6. The van der Waals surface area contributed by atoms with Crippen LogP contribution in [-0.2, 0) is 25.9 Å². The molecule has 1 aromatic carbocycles. The van der Waals surface area contributed by atoms with E-state index in [2.05, 4.69) is 51.8 Å². The van der Waals surface area contributed by atoms with Gasteiger partial charge in [-0.3, -0.25) is 0 Å². The van der Waals surface area contributed by atoms with Gasteiger partial charge in [-0.05, 0) is 48.2 Å². The number of benzene rings is 1. The zero-order valence-electron chi connectivity index (χ0n) is 18.5. The van der Waals surface area contributed by atoms with Gasteiger partial charge in [0.2, 0.25) is 0 Å². The third-order valence-corrected chi connectivity index (χ3v) is 5.23. The van der Waals surface area contributed by atoms with Crippen LogP contribution in [0, 0.1) is 0 Å². The van der Waals surface area contributed by atoms with E-state index in [-0.39, 0.29) is 17.4 Å². The number of nitrogens with zero attached hydrogens (tertiary/aromatic N) is 2. The molecule has 172 valence electrons. The van der Waals surface area contributed by atoms with Crippen molar-refractivity contribution in [3.8, 4) is 0 Å². The standard InChI is InChI=1S/C25H28N4O4/c1-2-17-9-11-18(12-10-17)13-21(27-16-20-6-4-8-23(29-20)25(32)33)15-26-14-19-5-3-7-22(28-19)24(30)31/h3-12,21,26-27H,2,13-16H2,1H3,(H,30,31)(H,32,33). The Hall–Kier alpha value is -3.62. The number of hydrogen-bond acceptors (Lipinski definition) is 6. The molecule has 2 heterocycles. The highest BCUT2D eigenvalue weighted by Gasteiger charge is 2.12. The Morgan fingerprint density at radius 2 is 1.36 bits per heavy atom. The Morgan fingerprint density at radius 1 is 0.818 bits per heavy atom. The van der Waals surface area contributed by atoms with E-state index in [0.29, 0.717) is 31.0 Å². The molecule has 33 heavy (non-hydrogen) atoms. The fourth-order valence-corrected chi connectivity index (χ4v) is 3.43. The lowest BCUT2D eigenvalue weighted by atomic mass is 10.0. The van der Waals surface area contributed by atoms with E-state index in [1.54, 1.807) is 24.3 Å². The summed E-state index contributed by atoms with van der Waals surface area (Å²) in [6.45, 7) is 3.58. The van der Waals surface area contributed by atoms with Gasteiger partial charge in [0.05, 0.1) is 11.4 Å². The summed E-state index contributed by atoms with van der Waals surface area (Å²) in [4.78, 5) is 30.6. The molecule has 0 saturated heterocycles. The Kier molecular flexibility index (Phi) is 8.63. The highest BCUT2D eigenvalue weighted by Crippen LogP contribution is 2.09. The first-order valence-corrected chi connectivity index (χ1v) is 10.8. The fraction of sp³-hybridized carbons (Fsp3) is 0.280. The number of aromatic nitrogens is 2. The molecule has 0 aliphatic carbocycles. The third kappa shape index (κ3) is 7.48. The second kappa shape index (κ2) is 11.8. The lowest BCUT2D eigenvalue weighted by Gasteiger charge is -2.20. The number of carbonyl (C=O) groups is 2. The number of aryl methyl sites for hydroxylation is 1. The molecule has 0 saturated carbocycles. The van der Waals surface area contributed by atoms with Gasteiger partial charge in [-0.2, -0.15) is 0 Å². The van der Waals surface area contributed by atoms with Crippen LogP contribution in [0.4, 0.5) is 0 Å². The first kappa shape index (κ1) is 24.0. The smallest absolute Gasteiger partial charge is 0.354 e. The van der Waals surface area contributed by atoms with Gasteiger partial charge in [0.15, 0.2) is 0 Å². The first-order chi connectivity index (χ1) is 15.9. The van der Waals surface area contributed by atoms with Crippen LogP contribution in [0.15, 0.2) is 60.7 Å². The van der Waals surface area contributed by atoms with Gasteiger partial charge in [-0.25, -0.2) is 19.6 Å². The molecule has 0 fully saturated rings. The van der Waals surface area contributed by atoms with Crippen LogP contribution in [0.2, 0.25) is 0 Å². The Labute approximate surface area is 192 Å². The Bertz CT molecular complexity index is 1090. The molecular formula is C25H28N4O4. The van der Waals surface area contributed by atoms with Gasteiger partial charge in [0, 0.05) is 25.7 Å². The van der Waals surface area contributed by atoms with Crippen LogP contribution >= 0.6 is 0 Å². The maximum absolute atomic E-state index is 11.2. The number of aromatic carboxylic acids is 2. The van der Waals surface area contributed by atoms with Crippen LogP contribution in [0.25, 0.3) is 0 Å². The minimum atomic E-state index is -1.05. The van der Waals surface area contributed by atoms with Crippen molar-refractivity contribution in [2.24, 2.45) is 0 Å². The van der Waals surface area contributed by atoms with Crippen LogP contribution in [0.5, 0.6) is 0 Å². The molecule has 8 nitrogen and oxygen atoms in total. The van der Waals surface area contributed by atoms with E-state index in [0.717, 1.165) is 12.8 Å². The Morgan fingerprint density at radius 3 is 1.91 bits per heavy atom. The van der Waals surface area contributed by atoms with Crippen molar-refractivity contribution in [1.29, 1.82) is 0 Å². The molecule has 0 radical (unpaired) electrons. The van der Waals surface area contributed by atoms with E-state index in [9.17, 15) is 9.59 Å². The molecular weight excluding hydrogens is 420 g/mol. The molecule has 0 spiro atoms. The van der Waals surface area contributed by atoms with Crippen LogP contribution < -0.4 is 10.6 Å². The second-order valence-corrected chi connectivity index (χ2v) is 7.72. The van der Waals surface area contributed by atoms with Gasteiger partial charge < -0.3 is 20.8 Å². The summed E-state index contributed by atoms with van der Waals surface area (Å²) in [6, 6.07) is 18.4. The number of nitrogens with one attached hydrogen (secondary N) is 2. The van der Waals surface area contributed by atoms with Crippen molar-refractivity contribution in [1.82, 2.24) is 20.6 Å². The molecule has 0 aliphatic rings. The van der Waals surface area contributed by atoms with Crippen molar-refractivity contribution in [3.05, 3.63) is 94.6 Å². The molecule has 1 atom stereocenters. The van der Waals surface area contributed by atoms with Crippen LogP contribution in [0.3, 0.4) is 0 Å². The number of carboxylic acid groups (broad SMARTS) is 2. The van der Waals surface area contributed by atoms with Crippen LogP contribution in [-0.4, -0.2) is 44.7 Å². The van der Waals surface area contributed by atoms with Crippen molar-refractivity contribution in [2.75, 3.05) is 6.54 Å². The van der Waals surface area contributed by atoms with Gasteiger partial charge in [-0.15, -0.1) is 0 Å². The lowest BCUT2D eigenvalue weighted by Crippen LogP contribution is -2.40. The van der Waals surface area contributed by atoms with Gasteiger partial charge >= 0.3 is 11.9 Å². The molecule has 3 aromatic rings. The summed E-state index contributed by atoms with van der Waals surface area (Å²) in [6.07, 6.45) is 1.75. The number of rotatable bonds is 12. The van der Waals surface area contributed by atoms with E-state index < -0.39 is 11.9 Å². The molecule has 0 amide bonds. The average Bonchev–Trinajstić information content (AvgIpc) is 2.83. The van der Waals surface area contributed by atoms with Gasteiger partial charge in [0.1, 0.15) is 11.4 Å². The molecule has 3 rings (SSSR count). The summed E-state index contributed by atoms with van der Waals surface area (Å²) >= 11 is 0. The highest BCUT2D eigenvalue weighted by atomic mass is 16.4. The number of carboxylic acids is 2. The predicted octanol–water partition coefficient (Wildman–Crippen LogP) is 2.93. The fourth-order valence-electron chi connectivity index (χ4n) is 3.43. The van der Waals surface area contributed by atoms with E-state index >= 15 is 0 Å². The molecule has 8 heteroatoms. The number of hydrogen-bond donors (Lipinski definition) is 4. The summed E-state index contributed by atoms with van der Waals surface area (Å²) in [5.41, 5.74) is 3.80. The summed E-state index contributed by atoms with van der Waals surface area (Å²) in [7, 11) is 0. The Balaban J connectivity index is 1.65. The molecule has 2 aromatic heterocycles. The maximum Gasteiger partial charge on any atom is 0.354 e. The first-order valence-electron chi connectivity index (χ1n) is 10.8. The molecule has 1 unspecified atom stereocenters. The largest absolute Gasteiger partial charge is 0.477 e. The molecule has 4 N–H and O–H groups in total. The van der Waals surface area contributed by atoms with Crippen molar-refractivity contribution >= 4 is 11.9 Å². The normalized spacial score (nSPS) is 11.8. The second-order valence-electron chi connectivity index (χ2n) is 7.72. The molecule has 0 bridgehead atoms. The SMILES string of the molecule is CCc1ccc(CC(CNCc2cccc(C(=O)O)n2)NCc2cccc(C(=O)O)n2)cc1. The van der Waals surface area contributed by atoms with Gasteiger partial charge in [-0.1, -0.05) is 43.3 Å². The quantitative estimate of drug-likeness (QED) is 0.333. The van der Waals surface area contributed by atoms with E-state index in [1.807, 2.05) is 0 Å².